The van der Waals surface area contributed by atoms with Gasteiger partial charge in [-0.25, -0.2) is 0 Å². The number of carbonyl (C=O) groups is 1. The first-order valence-corrected chi connectivity index (χ1v) is 9.86. The van der Waals surface area contributed by atoms with E-state index >= 15 is 0 Å². The molecule has 0 aromatic heterocycles. The molecule has 0 heterocycles. The fraction of sp³-hybridized carbons (Fsp3) is 0.950. The molecule has 0 bridgehead atoms. The molecule has 2 nitrogen and oxygen atoms in total. The summed E-state index contributed by atoms with van der Waals surface area (Å²) in [6.07, 6.45) is 15.8. The summed E-state index contributed by atoms with van der Waals surface area (Å²) in [6.45, 7) is 8.75. The van der Waals surface area contributed by atoms with Gasteiger partial charge < -0.3 is 4.74 Å². The zero-order valence-corrected chi connectivity index (χ0v) is 15.7. The molecule has 132 valence electrons. The third kappa shape index (κ3) is 10.2. The monoisotopic (exact) mass is 312 g/mol. The molecule has 0 saturated heterocycles. The van der Waals surface area contributed by atoms with E-state index in [4.69, 9.17) is 4.74 Å². The summed E-state index contributed by atoms with van der Waals surface area (Å²) >= 11 is 0. The first-order chi connectivity index (χ1) is 10.6. The van der Waals surface area contributed by atoms with Crippen molar-refractivity contribution in [1.29, 1.82) is 0 Å². The molecule has 0 aliphatic carbocycles. The minimum Gasteiger partial charge on any atom is -0.459 e. The van der Waals surface area contributed by atoms with E-state index in [1.165, 1.54) is 57.8 Å². The van der Waals surface area contributed by atoms with Crippen molar-refractivity contribution >= 4 is 5.97 Å². The largest absolute Gasteiger partial charge is 0.459 e. The van der Waals surface area contributed by atoms with Gasteiger partial charge in [-0.05, 0) is 32.1 Å². The molecule has 0 amide bonds. The van der Waals surface area contributed by atoms with E-state index < -0.39 is 0 Å². The summed E-state index contributed by atoms with van der Waals surface area (Å²) in [4.78, 5) is 12.1. The second-order valence-corrected chi connectivity index (χ2v) is 6.69. The van der Waals surface area contributed by atoms with Crippen molar-refractivity contribution in [2.45, 2.75) is 123 Å². The van der Waals surface area contributed by atoms with E-state index in [0.717, 1.165) is 25.7 Å². The van der Waals surface area contributed by atoms with Crippen LogP contribution in [0.4, 0.5) is 0 Å². The molecule has 0 aromatic rings. The lowest BCUT2D eigenvalue weighted by atomic mass is 9.90. The summed E-state index contributed by atoms with van der Waals surface area (Å²) in [6, 6.07) is 0. The average molecular weight is 313 g/mol. The van der Waals surface area contributed by atoms with Gasteiger partial charge in [0.25, 0.3) is 0 Å². The van der Waals surface area contributed by atoms with Crippen LogP contribution in [0.25, 0.3) is 0 Å². The van der Waals surface area contributed by atoms with Crippen molar-refractivity contribution in [2.75, 3.05) is 0 Å². The first kappa shape index (κ1) is 21.5. The van der Waals surface area contributed by atoms with Gasteiger partial charge in [0.1, 0.15) is 5.60 Å². The van der Waals surface area contributed by atoms with Crippen LogP contribution in [0.1, 0.15) is 118 Å². The van der Waals surface area contributed by atoms with Gasteiger partial charge in [-0.3, -0.25) is 4.79 Å². The van der Waals surface area contributed by atoms with Crippen molar-refractivity contribution in [2.24, 2.45) is 0 Å². The van der Waals surface area contributed by atoms with Gasteiger partial charge in [0.2, 0.25) is 0 Å². The summed E-state index contributed by atoms with van der Waals surface area (Å²) < 4.78 is 5.89. The van der Waals surface area contributed by atoms with Crippen LogP contribution in [0.5, 0.6) is 0 Å². The van der Waals surface area contributed by atoms with Gasteiger partial charge in [0.15, 0.2) is 0 Å². The van der Waals surface area contributed by atoms with Crippen LogP contribution in [-0.4, -0.2) is 11.6 Å². The zero-order valence-electron chi connectivity index (χ0n) is 15.7. The highest BCUT2D eigenvalue weighted by molar-refractivity contribution is 5.69. The van der Waals surface area contributed by atoms with Gasteiger partial charge in [-0.2, -0.15) is 0 Å². The number of ether oxygens (including phenoxy) is 1. The molecule has 22 heavy (non-hydrogen) atoms. The molecule has 0 aliphatic heterocycles. The second kappa shape index (κ2) is 14.1. The fourth-order valence-corrected chi connectivity index (χ4v) is 3.02. The van der Waals surface area contributed by atoms with Gasteiger partial charge in [0, 0.05) is 6.42 Å². The Bertz CT molecular complexity index is 256. The summed E-state index contributed by atoms with van der Waals surface area (Å²) in [5, 5.41) is 0. The van der Waals surface area contributed by atoms with Gasteiger partial charge in [-0.1, -0.05) is 79.1 Å². The summed E-state index contributed by atoms with van der Waals surface area (Å²) in [5.41, 5.74) is -0.201. The van der Waals surface area contributed by atoms with Crippen molar-refractivity contribution in [1.82, 2.24) is 0 Å². The maximum absolute atomic E-state index is 12.1. The maximum atomic E-state index is 12.1. The highest BCUT2D eigenvalue weighted by Gasteiger charge is 2.29. The lowest BCUT2D eigenvalue weighted by molar-refractivity contribution is -0.162. The van der Waals surface area contributed by atoms with E-state index in [0.29, 0.717) is 6.42 Å². The number of rotatable bonds is 15. The quantitative estimate of drug-likeness (QED) is 0.245. The number of hydrogen-bond acceptors (Lipinski definition) is 2. The number of esters is 1. The van der Waals surface area contributed by atoms with Crippen LogP contribution in [-0.2, 0) is 9.53 Å². The molecule has 0 atom stereocenters. The molecule has 2 heteroatoms. The molecular weight excluding hydrogens is 272 g/mol. The van der Waals surface area contributed by atoms with Crippen LogP contribution >= 0.6 is 0 Å². The van der Waals surface area contributed by atoms with E-state index in [9.17, 15) is 4.79 Å². The van der Waals surface area contributed by atoms with E-state index in [-0.39, 0.29) is 11.6 Å². The van der Waals surface area contributed by atoms with Crippen LogP contribution in [0, 0.1) is 0 Å². The lowest BCUT2D eigenvalue weighted by Crippen LogP contribution is -2.33. The molecule has 0 N–H and O–H groups in total. The van der Waals surface area contributed by atoms with Crippen molar-refractivity contribution < 1.29 is 9.53 Å². The molecule has 0 aliphatic rings. The third-order valence-electron chi connectivity index (χ3n) is 4.84. The smallest absolute Gasteiger partial charge is 0.306 e. The molecule has 0 aromatic carbocycles. The standard InChI is InChI=1S/C20H40O2/c1-5-9-11-12-13-14-15-17-19(21)22-20(7-3,8-4)18-16-10-6-2/h5-18H2,1-4H3. The average Bonchev–Trinajstić information content (AvgIpc) is 2.53. The van der Waals surface area contributed by atoms with Crippen molar-refractivity contribution in [3.05, 3.63) is 0 Å². The van der Waals surface area contributed by atoms with Crippen molar-refractivity contribution in [3.63, 3.8) is 0 Å². The summed E-state index contributed by atoms with van der Waals surface area (Å²) in [7, 11) is 0. The van der Waals surface area contributed by atoms with Crippen LogP contribution in [0.2, 0.25) is 0 Å². The van der Waals surface area contributed by atoms with Gasteiger partial charge in [-0.15, -0.1) is 0 Å². The van der Waals surface area contributed by atoms with E-state index in [2.05, 4.69) is 27.7 Å². The topological polar surface area (TPSA) is 26.3 Å². The highest BCUT2D eigenvalue weighted by Crippen LogP contribution is 2.28. The Labute approximate surface area is 139 Å². The van der Waals surface area contributed by atoms with E-state index in [1.54, 1.807) is 0 Å². The van der Waals surface area contributed by atoms with Gasteiger partial charge >= 0.3 is 5.97 Å². The number of carbonyl (C=O) groups excluding carboxylic acids is 1. The number of hydrogen-bond donors (Lipinski definition) is 0. The minimum atomic E-state index is -0.201. The molecule has 0 radical (unpaired) electrons. The molecule has 0 spiro atoms. The Hall–Kier alpha value is -0.530. The zero-order chi connectivity index (χ0) is 16.7. The van der Waals surface area contributed by atoms with E-state index in [1.807, 2.05) is 0 Å². The third-order valence-corrected chi connectivity index (χ3v) is 4.84. The number of unbranched alkanes of at least 4 members (excludes halogenated alkanes) is 8. The Morgan fingerprint density at radius 2 is 1.23 bits per heavy atom. The molecule has 0 rings (SSSR count). The maximum Gasteiger partial charge on any atom is 0.306 e. The summed E-state index contributed by atoms with van der Waals surface area (Å²) in [5.74, 6) is 0.0220. The first-order valence-electron chi connectivity index (χ1n) is 9.86. The van der Waals surface area contributed by atoms with Crippen molar-refractivity contribution in [3.8, 4) is 0 Å². The second-order valence-electron chi connectivity index (χ2n) is 6.69. The van der Waals surface area contributed by atoms with Gasteiger partial charge in [0.05, 0.1) is 0 Å². The fourth-order valence-electron chi connectivity index (χ4n) is 3.02. The predicted molar refractivity (Wildman–Crippen MR) is 96.2 cm³/mol. The Balaban J connectivity index is 3.92. The molecule has 0 saturated carbocycles. The van der Waals surface area contributed by atoms with Crippen LogP contribution in [0.3, 0.4) is 0 Å². The highest BCUT2D eigenvalue weighted by atomic mass is 16.6. The Morgan fingerprint density at radius 1 is 0.727 bits per heavy atom. The Morgan fingerprint density at radius 3 is 1.77 bits per heavy atom. The molecular formula is C20H40O2. The van der Waals surface area contributed by atoms with Crippen LogP contribution in [0.15, 0.2) is 0 Å². The van der Waals surface area contributed by atoms with Crippen LogP contribution < -0.4 is 0 Å². The molecule has 0 unspecified atom stereocenters. The molecule has 0 fully saturated rings. The lowest BCUT2D eigenvalue weighted by Gasteiger charge is -2.31. The normalized spacial score (nSPS) is 11.6. The minimum absolute atomic E-state index is 0.0220. The Kier molecular flexibility index (Phi) is 13.7. The SMILES string of the molecule is CCCCCCCCCC(=O)OC(CC)(CC)CCCCC. The predicted octanol–water partition coefficient (Wildman–Crippen LogP) is 6.81.